The van der Waals surface area contributed by atoms with Crippen molar-refractivity contribution in [1.82, 2.24) is 4.72 Å². The molecule has 0 heterocycles. The van der Waals surface area contributed by atoms with E-state index in [1.807, 2.05) is 6.92 Å². The van der Waals surface area contributed by atoms with Gasteiger partial charge in [-0.25, -0.2) is 13.1 Å². The Kier molecular flexibility index (Phi) is 6.27. The van der Waals surface area contributed by atoms with Gasteiger partial charge in [0.15, 0.2) is 0 Å². The van der Waals surface area contributed by atoms with Crippen LogP contribution in [-0.4, -0.2) is 32.8 Å². The average molecular weight is 287 g/mol. The lowest BCUT2D eigenvalue weighted by molar-refractivity contribution is 0.186. The van der Waals surface area contributed by atoms with E-state index in [4.69, 9.17) is 9.84 Å². The smallest absolute Gasteiger partial charge is 0.240 e. The van der Waals surface area contributed by atoms with Gasteiger partial charge >= 0.3 is 0 Å². The molecule has 0 aliphatic carbocycles. The summed E-state index contributed by atoms with van der Waals surface area (Å²) in [6.07, 6.45) is 0.769. The van der Waals surface area contributed by atoms with Gasteiger partial charge in [0, 0.05) is 6.54 Å². The van der Waals surface area contributed by atoms with Crippen LogP contribution in [0.25, 0.3) is 0 Å². The molecule has 0 amide bonds. The first kappa shape index (κ1) is 15.9. The summed E-state index contributed by atoms with van der Waals surface area (Å²) in [7, 11) is -3.51. The van der Waals surface area contributed by atoms with E-state index in [0.29, 0.717) is 18.8 Å². The van der Waals surface area contributed by atoms with Crippen LogP contribution in [0.1, 0.15) is 26.7 Å². The minimum absolute atomic E-state index is 0.196. The van der Waals surface area contributed by atoms with E-state index in [9.17, 15) is 8.42 Å². The number of hydrogen-bond donors (Lipinski definition) is 2. The zero-order valence-electron chi connectivity index (χ0n) is 11.3. The molecule has 1 aromatic carbocycles. The number of hydrogen-bond acceptors (Lipinski definition) is 4. The van der Waals surface area contributed by atoms with Gasteiger partial charge in [-0.15, -0.1) is 0 Å². The highest BCUT2D eigenvalue weighted by molar-refractivity contribution is 7.89. The highest BCUT2D eigenvalue weighted by Crippen LogP contribution is 2.16. The maximum atomic E-state index is 11.9. The Morgan fingerprint density at radius 3 is 2.47 bits per heavy atom. The molecule has 0 saturated heterocycles. The molecule has 0 aromatic heterocycles. The summed E-state index contributed by atoms with van der Waals surface area (Å²) in [5.41, 5.74) is 0. The molecule has 0 fully saturated rings. The molecule has 1 unspecified atom stereocenters. The van der Waals surface area contributed by atoms with E-state index in [1.165, 1.54) is 12.1 Å². The van der Waals surface area contributed by atoms with E-state index in [1.54, 1.807) is 19.1 Å². The monoisotopic (exact) mass is 287 g/mol. The van der Waals surface area contributed by atoms with Gasteiger partial charge in [0.25, 0.3) is 0 Å². The standard InChI is InChI=1S/C13H21NO4S/c1-3-10-18-12-4-6-13(7-5-12)19(16,17)14-9-8-11(2)15/h4-7,11,14-15H,3,8-10H2,1-2H3. The topological polar surface area (TPSA) is 75.6 Å². The van der Waals surface area contributed by atoms with Crippen molar-refractivity contribution in [2.24, 2.45) is 0 Å². The molecule has 19 heavy (non-hydrogen) atoms. The summed E-state index contributed by atoms with van der Waals surface area (Å²) in [4.78, 5) is 0.196. The number of ether oxygens (including phenoxy) is 1. The van der Waals surface area contributed by atoms with E-state index in [2.05, 4.69) is 4.72 Å². The number of rotatable bonds is 8. The van der Waals surface area contributed by atoms with E-state index >= 15 is 0 Å². The Labute approximate surface area is 114 Å². The molecule has 0 aliphatic heterocycles. The number of nitrogens with one attached hydrogen (secondary N) is 1. The van der Waals surface area contributed by atoms with E-state index < -0.39 is 16.1 Å². The van der Waals surface area contributed by atoms with Gasteiger partial charge in [0.2, 0.25) is 10.0 Å². The lowest BCUT2D eigenvalue weighted by Gasteiger charge is -2.09. The molecule has 0 bridgehead atoms. The van der Waals surface area contributed by atoms with Gasteiger partial charge in [0.1, 0.15) is 5.75 Å². The first-order valence-electron chi connectivity index (χ1n) is 6.36. The largest absolute Gasteiger partial charge is 0.494 e. The fraction of sp³-hybridized carbons (Fsp3) is 0.538. The molecule has 5 nitrogen and oxygen atoms in total. The van der Waals surface area contributed by atoms with Crippen LogP contribution in [0.15, 0.2) is 29.2 Å². The molecule has 0 aliphatic rings. The van der Waals surface area contributed by atoms with Crippen molar-refractivity contribution >= 4 is 10.0 Å². The maximum Gasteiger partial charge on any atom is 0.240 e. The van der Waals surface area contributed by atoms with Crippen LogP contribution in [-0.2, 0) is 10.0 Å². The number of benzene rings is 1. The molecular formula is C13H21NO4S. The van der Waals surface area contributed by atoms with E-state index in [0.717, 1.165) is 6.42 Å². The van der Waals surface area contributed by atoms with Gasteiger partial charge in [-0.05, 0) is 44.0 Å². The zero-order chi connectivity index (χ0) is 14.3. The zero-order valence-corrected chi connectivity index (χ0v) is 12.1. The predicted octanol–water partition coefficient (Wildman–Crippen LogP) is 1.52. The van der Waals surface area contributed by atoms with Gasteiger partial charge in [-0.1, -0.05) is 6.92 Å². The van der Waals surface area contributed by atoms with Crippen LogP contribution in [0, 0.1) is 0 Å². The average Bonchev–Trinajstić information content (AvgIpc) is 2.36. The molecule has 1 atom stereocenters. The van der Waals surface area contributed by atoms with Crippen molar-refractivity contribution in [3.8, 4) is 5.75 Å². The van der Waals surface area contributed by atoms with E-state index in [-0.39, 0.29) is 11.4 Å². The second kappa shape index (κ2) is 7.47. The summed E-state index contributed by atoms with van der Waals surface area (Å²) >= 11 is 0. The third-order valence-electron chi connectivity index (χ3n) is 2.46. The molecule has 0 radical (unpaired) electrons. The maximum absolute atomic E-state index is 11.9. The second-order valence-electron chi connectivity index (χ2n) is 4.36. The summed E-state index contributed by atoms with van der Waals surface area (Å²) in [5, 5.41) is 9.09. The summed E-state index contributed by atoms with van der Waals surface area (Å²) in [5.74, 6) is 0.657. The lowest BCUT2D eigenvalue weighted by Crippen LogP contribution is -2.26. The summed E-state index contributed by atoms with van der Waals surface area (Å²) in [6.45, 7) is 4.45. The second-order valence-corrected chi connectivity index (χ2v) is 6.12. The van der Waals surface area contributed by atoms with Gasteiger partial charge < -0.3 is 9.84 Å². The van der Waals surface area contributed by atoms with Crippen molar-refractivity contribution < 1.29 is 18.3 Å². The molecule has 0 spiro atoms. The van der Waals surface area contributed by atoms with Crippen LogP contribution in [0.2, 0.25) is 0 Å². The highest BCUT2D eigenvalue weighted by Gasteiger charge is 2.13. The quantitative estimate of drug-likeness (QED) is 0.760. The SMILES string of the molecule is CCCOc1ccc(S(=O)(=O)NCCC(C)O)cc1. The lowest BCUT2D eigenvalue weighted by atomic mass is 10.3. The summed E-state index contributed by atoms with van der Waals surface area (Å²) in [6, 6.07) is 6.29. The number of aliphatic hydroxyl groups is 1. The fourth-order valence-electron chi connectivity index (χ4n) is 1.42. The summed E-state index contributed by atoms with van der Waals surface area (Å²) < 4.78 is 31.6. The van der Waals surface area contributed by atoms with Crippen LogP contribution < -0.4 is 9.46 Å². The predicted molar refractivity (Wildman–Crippen MR) is 73.7 cm³/mol. The molecule has 0 saturated carbocycles. The van der Waals surface area contributed by atoms with Crippen molar-refractivity contribution in [2.45, 2.75) is 37.7 Å². The van der Waals surface area contributed by atoms with Crippen LogP contribution in [0.5, 0.6) is 5.75 Å². The molecular weight excluding hydrogens is 266 g/mol. The molecule has 2 N–H and O–H groups in total. The van der Waals surface area contributed by atoms with Gasteiger partial charge in [-0.2, -0.15) is 0 Å². The first-order chi connectivity index (χ1) is 8.95. The van der Waals surface area contributed by atoms with Crippen LogP contribution >= 0.6 is 0 Å². The highest BCUT2D eigenvalue weighted by atomic mass is 32.2. The van der Waals surface area contributed by atoms with Crippen molar-refractivity contribution in [3.63, 3.8) is 0 Å². The molecule has 108 valence electrons. The molecule has 1 rings (SSSR count). The third-order valence-corrected chi connectivity index (χ3v) is 3.94. The van der Waals surface area contributed by atoms with Gasteiger partial charge in [0.05, 0.1) is 17.6 Å². The van der Waals surface area contributed by atoms with Gasteiger partial charge in [-0.3, -0.25) is 0 Å². The minimum atomic E-state index is -3.51. The fourth-order valence-corrected chi connectivity index (χ4v) is 2.47. The molecule has 1 aromatic rings. The molecule has 6 heteroatoms. The third kappa shape index (κ3) is 5.59. The normalized spacial score (nSPS) is 13.2. The number of aliphatic hydroxyl groups excluding tert-OH is 1. The minimum Gasteiger partial charge on any atom is -0.494 e. The first-order valence-corrected chi connectivity index (χ1v) is 7.84. The Bertz CT molecular complexity index is 468. The van der Waals surface area contributed by atoms with Crippen molar-refractivity contribution in [3.05, 3.63) is 24.3 Å². The van der Waals surface area contributed by atoms with Crippen LogP contribution in [0.3, 0.4) is 0 Å². The van der Waals surface area contributed by atoms with Crippen LogP contribution in [0.4, 0.5) is 0 Å². The Morgan fingerprint density at radius 1 is 1.32 bits per heavy atom. The van der Waals surface area contributed by atoms with Crippen molar-refractivity contribution in [1.29, 1.82) is 0 Å². The number of sulfonamides is 1. The van der Waals surface area contributed by atoms with Crippen molar-refractivity contribution in [2.75, 3.05) is 13.2 Å². The Balaban J connectivity index is 2.63. The Hall–Kier alpha value is -1.11. The Morgan fingerprint density at radius 2 is 1.95 bits per heavy atom.